The molecule has 154 valence electrons. The van der Waals surface area contributed by atoms with Crippen LogP contribution in [-0.2, 0) is 20.5 Å². The van der Waals surface area contributed by atoms with Gasteiger partial charge in [-0.2, -0.15) is 0 Å². The summed E-state index contributed by atoms with van der Waals surface area (Å²) in [6.07, 6.45) is 6.34. The second-order valence-corrected chi connectivity index (χ2v) is 9.14. The standard InChI is InChI=1S/C16H23N6O4S.BrH/c1-27(9-3-2-8(4-9)26-18)5-10-12(23)13(24)16(25-10)22-7-21-11-14(17)19-6-20-15(11)22;/h2-3,6-10,12-13,16,23-24H,4-5,18H2,1H3,(H2,17,19,20);1H/q+1;/p-1/t8?,9?,10-,12-,13-,16-,27?;/m0./s1. The van der Waals surface area contributed by atoms with E-state index in [0.717, 1.165) is 6.42 Å². The molecule has 2 aromatic rings. The maximum Gasteiger partial charge on any atom is 0.167 e. The summed E-state index contributed by atoms with van der Waals surface area (Å²) in [6, 6.07) is 0. The highest BCUT2D eigenvalue weighted by Gasteiger charge is 2.47. The third kappa shape index (κ3) is 3.77. The van der Waals surface area contributed by atoms with Gasteiger partial charge in [-0.25, -0.2) is 20.8 Å². The van der Waals surface area contributed by atoms with E-state index in [-0.39, 0.29) is 39.8 Å². The van der Waals surface area contributed by atoms with Gasteiger partial charge in [0, 0.05) is 6.42 Å². The molecule has 0 radical (unpaired) electrons. The molecule has 2 aromatic heterocycles. The number of anilines is 1. The van der Waals surface area contributed by atoms with E-state index in [2.05, 4.69) is 27.3 Å². The summed E-state index contributed by atoms with van der Waals surface area (Å²) in [5.74, 6) is 6.12. The van der Waals surface area contributed by atoms with Crippen LogP contribution in [0.25, 0.3) is 11.2 Å². The Kier molecular flexibility index (Phi) is 6.59. The van der Waals surface area contributed by atoms with E-state index in [4.69, 9.17) is 21.2 Å². The first-order valence-corrected chi connectivity index (χ1v) is 10.5. The number of hydrogen-bond donors (Lipinski definition) is 4. The molecule has 10 nitrogen and oxygen atoms in total. The number of nitrogens with zero attached hydrogens (tertiary/aromatic N) is 4. The lowest BCUT2D eigenvalue weighted by atomic mass is 10.1. The van der Waals surface area contributed by atoms with Crippen molar-refractivity contribution in [1.29, 1.82) is 0 Å². The summed E-state index contributed by atoms with van der Waals surface area (Å²) in [7, 11) is -0.0746. The quantitative estimate of drug-likeness (QED) is 0.192. The Hall–Kier alpha value is -1.28. The fourth-order valence-corrected chi connectivity index (χ4v) is 5.49. The van der Waals surface area contributed by atoms with Crippen molar-refractivity contribution in [3.63, 3.8) is 0 Å². The van der Waals surface area contributed by atoms with E-state index in [9.17, 15) is 10.2 Å². The zero-order valence-electron chi connectivity index (χ0n) is 15.1. The first-order chi connectivity index (χ1) is 13.0. The number of fused-ring (bicyclic) bond motifs is 1. The Labute approximate surface area is 175 Å². The van der Waals surface area contributed by atoms with Crippen LogP contribution in [0.5, 0.6) is 0 Å². The molecule has 1 aliphatic heterocycles. The predicted octanol–water partition coefficient (Wildman–Crippen LogP) is -4.13. The number of nitrogen functional groups attached to an aromatic ring is 1. The summed E-state index contributed by atoms with van der Waals surface area (Å²) in [4.78, 5) is 17.2. The first-order valence-electron chi connectivity index (χ1n) is 8.59. The molecule has 1 fully saturated rings. The van der Waals surface area contributed by atoms with Gasteiger partial charge in [-0.05, 0) is 17.0 Å². The number of aliphatic hydroxyl groups excluding tert-OH is 2. The fraction of sp³-hybridized carbons (Fsp3) is 0.562. The maximum atomic E-state index is 10.5. The summed E-state index contributed by atoms with van der Waals surface area (Å²) in [6.45, 7) is 0. The van der Waals surface area contributed by atoms with Gasteiger partial charge < -0.3 is 37.7 Å². The number of ether oxygens (including phenoxy) is 1. The van der Waals surface area contributed by atoms with Gasteiger partial charge in [-0.3, -0.25) is 9.40 Å². The molecule has 12 heteroatoms. The molecule has 6 N–H and O–H groups in total. The molecule has 28 heavy (non-hydrogen) atoms. The van der Waals surface area contributed by atoms with Gasteiger partial charge in [0.2, 0.25) is 0 Å². The Morgan fingerprint density at radius 1 is 1.29 bits per heavy atom. The van der Waals surface area contributed by atoms with E-state index in [0.29, 0.717) is 22.2 Å². The number of nitrogens with two attached hydrogens (primary N) is 2. The largest absolute Gasteiger partial charge is 1.00 e. The van der Waals surface area contributed by atoms with Crippen LogP contribution in [0.4, 0.5) is 5.82 Å². The van der Waals surface area contributed by atoms with Crippen LogP contribution in [0.3, 0.4) is 0 Å². The van der Waals surface area contributed by atoms with Crippen molar-refractivity contribution in [3.05, 3.63) is 24.8 Å². The van der Waals surface area contributed by atoms with E-state index in [1.807, 2.05) is 6.08 Å². The number of rotatable bonds is 5. The fourth-order valence-electron chi connectivity index (χ4n) is 3.57. The molecule has 3 heterocycles. The van der Waals surface area contributed by atoms with Crippen molar-refractivity contribution in [2.75, 3.05) is 17.7 Å². The maximum absolute atomic E-state index is 10.5. The average molecular weight is 475 g/mol. The number of halogens is 1. The Morgan fingerprint density at radius 2 is 2.07 bits per heavy atom. The molecule has 0 saturated carbocycles. The lowest BCUT2D eigenvalue weighted by Crippen LogP contribution is -3.00. The van der Waals surface area contributed by atoms with Crippen molar-refractivity contribution < 1.29 is 36.8 Å². The van der Waals surface area contributed by atoms with Gasteiger partial charge in [0.1, 0.15) is 47.3 Å². The smallest absolute Gasteiger partial charge is 0.167 e. The average Bonchev–Trinajstić information content (AvgIpc) is 3.36. The summed E-state index contributed by atoms with van der Waals surface area (Å²) < 4.78 is 7.60. The topological polar surface area (TPSA) is 155 Å². The molecule has 0 amide bonds. The minimum absolute atomic E-state index is 0. The Bertz CT molecular complexity index is 854. The molecule has 0 aromatic carbocycles. The summed E-state index contributed by atoms with van der Waals surface area (Å²) in [5.41, 5.74) is 6.70. The van der Waals surface area contributed by atoms with E-state index in [1.54, 1.807) is 4.57 Å². The van der Waals surface area contributed by atoms with Crippen LogP contribution in [0.15, 0.2) is 24.8 Å². The van der Waals surface area contributed by atoms with Crippen LogP contribution >= 0.6 is 0 Å². The molecule has 2 aliphatic rings. The molecule has 4 rings (SSSR count). The van der Waals surface area contributed by atoms with Crippen LogP contribution in [0.1, 0.15) is 12.6 Å². The van der Waals surface area contributed by atoms with Crippen LogP contribution in [0.2, 0.25) is 0 Å². The van der Waals surface area contributed by atoms with Crippen LogP contribution < -0.4 is 28.6 Å². The Morgan fingerprint density at radius 3 is 2.79 bits per heavy atom. The van der Waals surface area contributed by atoms with Gasteiger partial charge >= 0.3 is 0 Å². The van der Waals surface area contributed by atoms with Gasteiger partial charge in [0.25, 0.3) is 0 Å². The zero-order valence-corrected chi connectivity index (χ0v) is 17.5. The molecular formula is C16H23BrN6O4S. The van der Waals surface area contributed by atoms with Crippen LogP contribution in [-0.4, -0.2) is 71.4 Å². The monoisotopic (exact) mass is 474 g/mol. The highest BCUT2D eigenvalue weighted by Crippen LogP contribution is 2.33. The molecule has 7 atom stereocenters. The van der Waals surface area contributed by atoms with Gasteiger partial charge in [0.15, 0.2) is 17.7 Å². The molecule has 0 spiro atoms. The van der Waals surface area contributed by atoms with E-state index < -0.39 is 24.5 Å². The highest BCUT2D eigenvalue weighted by molar-refractivity contribution is 7.97. The summed E-state index contributed by atoms with van der Waals surface area (Å²) in [5, 5.41) is 21.4. The van der Waals surface area contributed by atoms with E-state index >= 15 is 0 Å². The van der Waals surface area contributed by atoms with E-state index in [1.165, 1.54) is 12.7 Å². The normalized spacial score (nSPS) is 33.3. The third-order valence-electron chi connectivity index (χ3n) is 5.12. The highest BCUT2D eigenvalue weighted by atomic mass is 79.9. The van der Waals surface area contributed by atoms with Gasteiger partial charge in [0.05, 0.1) is 12.6 Å². The Balaban J connectivity index is 0.00000225. The zero-order chi connectivity index (χ0) is 19.1. The lowest BCUT2D eigenvalue weighted by molar-refractivity contribution is -0.0290. The van der Waals surface area contributed by atoms with Crippen molar-refractivity contribution >= 4 is 27.9 Å². The van der Waals surface area contributed by atoms with Crippen LogP contribution in [0, 0.1) is 0 Å². The molecule has 3 unspecified atom stereocenters. The molecule has 1 saturated heterocycles. The minimum atomic E-state index is -1.10. The molecular weight excluding hydrogens is 452 g/mol. The predicted molar refractivity (Wildman–Crippen MR) is 100 cm³/mol. The summed E-state index contributed by atoms with van der Waals surface area (Å²) >= 11 is 0. The molecule has 1 aliphatic carbocycles. The second kappa shape index (κ2) is 8.61. The number of aliphatic hydroxyl groups is 2. The minimum Gasteiger partial charge on any atom is -1.00 e. The first kappa shape index (κ1) is 21.4. The van der Waals surface area contributed by atoms with Crippen molar-refractivity contribution in [1.82, 2.24) is 19.5 Å². The van der Waals surface area contributed by atoms with Crippen molar-refractivity contribution in [2.24, 2.45) is 5.90 Å². The number of aromatic nitrogens is 4. The third-order valence-corrected chi connectivity index (χ3v) is 7.36. The molecule has 0 bridgehead atoms. The lowest BCUT2D eigenvalue weighted by Gasteiger charge is -2.17. The SMILES string of the molecule is C[S+](C[C@@H]1O[C@H](n2cnc3c(N)ncnc32)[C@@H](O)[C@H]1O)C1C=CC(ON)C1.[Br-]. The number of imidazole rings is 1. The van der Waals surface area contributed by atoms with Crippen molar-refractivity contribution in [3.8, 4) is 0 Å². The second-order valence-electron chi connectivity index (χ2n) is 6.82. The van der Waals surface area contributed by atoms with Gasteiger partial charge in [-0.15, -0.1) is 0 Å². The number of hydrogen-bond acceptors (Lipinski definition) is 9. The van der Waals surface area contributed by atoms with Crippen molar-refractivity contribution in [2.45, 2.75) is 42.3 Å². The van der Waals surface area contributed by atoms with Gasteiger partial charge in [-0.1, -0.05) is 6.08 Å².